The van der Waals surface area contributed by atoms with Crippen LogP contribution in [-0.4, -0.2) is 16.1 Å². The van der Waals surface area contributed by atoms with Crippen LogP contribution in [0.2, 0.25) is 5.02 Å². The van der Waals surface area contributed by atoms with Gasteiger partial charge in [0, 0.05) is 10.9 Å². The molecule has 0 saturated carbocycles. The van der Waals surface area contributed by atoms with E-state index in [-0.39, 0.29) is 5.56 Å². The minimum atomic E-state index is -1.00. The molecule has 23 heavy (non-hydrogen) atoms. The Morgan fingerprint density at radius 2 is 1.74 bits per heavy atom. The summed E-state index contributed by atoms with van der Waals surface area (Å²) in [6, 6.07) is 11.2. The molecular weight excluding hydrogens is 310 g/mol. The van der Waals surface area contributed by atoms with Crippen LogP contribution >= 0.6 is 11.6 Å². The van der Waals surface area contributed by atoms with Crippen molar-refractivity contribution in [2.24, 2.45) is 0 Å². The summed E-state index contributed by atoms with van der Waals surface area (Å²) in [5, 5.41) is 10.5. The molecule has 0 atom stereocenters. The monoisotopic (exact) mass is 325 g/mol. The van der Waals surface area contributed by atoms with E-state index in [1.54, 1.807) is 12.1 Å². The number of fused-ring (bicyclic) bond motifs is 1. The highest BCUT2D eigenvalue weighted by Gasteiger charge is 2.17. The first kappa shape index (κ1) is 15.5. The number of hydrogen-bond donors (Lipinski definition) is 1. The molecule has 3 aromatic rings. The lowest BCUT2D eigenvalue weighted by Crippen LogP contribution is -2.02. The molecule has 3 nitrogen and oxygen atoms in total. The number of pyridine rings is 1. The van der Waals surface area contributed by atoms with Gasteiger partial charge in [-0.1, -0.05) is 35.4 Å². The summed E-state index contributed by atoms with van der Waals surface area (Å²) in [6.45, 7) is 5.90. The fourth-order valence-corrected chi connectivity index (χ4v) is 3.01. The molecule has 4 heteroatoms. The maximum atomic E-state index is 11.7. The van der Waals surface area contributed by atoms with Gasteiger partial charge in [-0.3, -0.25) is 0 Å². The molecule has 1 heterocycles. The fraction of sp³-hybridized carbons (Fsp3) is 0.158. The van der Waals surface area contributed by atoms with Gasteiger partial charge in [0.2, 0.25) is 0 Å². The summed E-state index contributed by atoms with van der Waals surface area (Å²) in [5.74, 6) is -1.00. The number of nitrogens with zero attached hydrogens (tertiary/aromatic N) is 1. The first-order chi connectivity index (χ1) is 10.9. The Balaban J connectivity index is 2.42. The SMILES string of the molecule is Cc1ccc(C)c(-c2cc(C(=O)O)c3c(Cl)ccc(C)c3n2)c1. The first-order valence-electron chi connectivity index (χ1n) is 7.29. The Bertz CT molecular complexity index is 948. The van der Waals surface area contributed by atoms with Gasteiger partial charge in [-0.15, -0.1) is 0 Å². The summed E-state index contributed by atoms with van der Waals surface area (Å²) in [5.41, 5.74) is 5.47. The number of carboxylic acids is 1. The number of aryl methyl sites for hydroxylation is 3. The normalized spacial score (nSPS) is 11.0. The van der Waals surface area contributed by atoms with E-state index in [9.17, 15) is 9.90 Å². The van der Waals surface area contributed by atoms with E-state index in [2.05, 4.69) is 0 Å². The summed E-state index contributed by atoms with van der Waals surface area (Å²) < 4.78 is 0. The Labute approximate surface area is 139 Å². The molecular formula is C19H16ClNO2. The molecule has 0 bridgehead atoms. The molecule has 0 radical (unpaired) electrons. The molecule has 0 unspecified atom stereocenters. The van der Waals surface area contributed by atoms with Crippen molar-refractivity contribution in [3.8, 4) is 11.3 Å². The van der Waals surface area contributed by atoms with Crippen LogP contribution < -0.4 is 0 Å². The third-order valence-electron chi connectivity index (χ3n) is 4.01. The molecule has 0 fully saturated rings. The number of carboxylic acid groups (broad SMARTS) is 1. The van der Waals surface area contributed by atoms with Crippen molar-refractivity contribution in [1.29, 1.82) is 0 Å². The van der Waals surface area contributed by atoms with Crippen LogP contribution in [0.15, 0.2) is 36.4 Å². The fourth-order valence-electron chi connectivity index (χ4n) is 2.75. The van der Waals surface area contributed by atoms with Gasteiger partial charge in [0.1, 0.15) is 0 Å². The molecule has 0 spiro atoms. The van der Waals surface area contributed by atoms with Crippen molar-refractivity contribution in [2.45, 2.75) is 20.8 Å². The van der Waals surface area contributed by atoms with Crippen molar-refractivity contribution >= 4 is 28.5 Å². The van der Waals surface area contributed by atoms with Crippen molar-refractivity contribution in [2.75, 3.05) is 0 Å². The predicted octanol–water partition coefficient (Wildman–Crippen LogP) is 5.18. The van der Waals surface area contributed by atoms with Crippen molar-refractivity contribution in [3.05, 3.63) is 63.7 Å². The van der Waals surface area contributed by atoms with Crippen molar-refractivity contribution in [3.63, 3.8) is 0 Å². The van der Waals surface area contributed by atoms with Gasteiger partial charge in [-0.25, -0.2) is 9.78 Å². The molecule has 2 aromatic carbocycles. The molecule has 116 valence electrons. The maximum Gasteiger partial charge on any atom is 0.336 e. The van der Waals surface area contributed by atoms with Crippen LogP contribution in [0.25, 0.3) is 22.2 Å². The minimum Gasteiger partial charge on any atom is -0.478 e. The van der Waals surface area contributed by atoms with Crippen LogP contribution in [0.1, 0.15) is 27.0 Å². The largest absolute Gasteiger partial charge is 0.478 e. The topological polar surface area (TPSA) is 50.2 Å². The predicted molar refractivity (Wildman–Crippen MR) is 93.4 cm³/mol. The van der Waals surface area contributed by atoms with Gasteiger partial charge < -0.3 is 5.11 Å². The Morgan fingerprint density at radius 3 is 2.43 bits per heavy atom. The highest BCUT2D eigenvalue weighted by molar-refractivity contribution is 6.36. The first-order valence-corrected chi connectivity index (χ1v) is 7.67. The van der Waals surface area contributed by atoms with E-state index >= 15 is 0 Å². The standard InChI is InChI=1S/C19H16ClNO2/c1-10-4-5-11(2)13(8-10)16-9-14(19(22)23)17-15(20)7-6-12(3)18(17)21-16/h4-9H,1-3H3,(H,22,23). The quantitative estimate of drug-likeness (QED) is 0.706. The molecule has 0 amide bonds. The zero-order valence-electron chi connectivity index (χ0n) is 13.1. The lowest BCUT2D eigenvalue weighted by Gasteiger charge is -2.12. The lowest BCUT2D eigenvalue weighted by molar-refractivity contribution is 0.0699. The molecule has 3 rings (SSSR count). The molecule has 1 aromatic heterocycles. The lowest BCUT2D eigenvalue weighted by atomic mass is 9.98. The summed E-state index contributed by atoms with van der Waals surface area (Å²) >= 11 is 6.23. The van der Waals surface area contributed by atoms with E-state index in [1.165, 1.54) is 0 Å². The van der Waals surface area contributed by atoms with Crippen LogP contribution in [-0.2, 0) is 0 Å². The van der Waals surface area contributed by atoms with Gasteiger partial charge in [0.15, 0.2) is 0 Å². The van der Waals surface area contributed by atoms with E-state index in [1.807, 2.05) is 45.0 Å². The molecule has 0 saturated heterocycles. The van der Waals surface area contributed by atoms with Crippen molar-refractivity contribution < 1.29 is 9.90 Å². The second-order valence-corrected chi connectivity index (χ2v) is 6.17. The molecule has 0 aliphatic rings. The smallest absolute Gasteiger partial charge is 0.336 e. The van der Waals surface area contributed by atoms with Gasteiger partial charge >= 0.3 is 5.97 Å². The molecule has 0 aliphatic carbocycles. The highest BCUT2D eigenvalue weighted by atomic mass is 35.5. The minimum absolute atomic E-state index is 0.180. The van der Waals surface area contributed by atoms with Crippen molar-refractivity contribution in [1.82, 2.24) is 4.98 Å². The van der Waals surface area contributed by atoms with Gasteiger partial charge in [0.25, 0.3) is 0 Å². The number of aromatic nitrogens is 1. The van der Waals surface area contributed by atoms with Gasteiger partial charge in [-0.2, -0.15) is 0 Å². The zero-order chi connectivity index (χ0) is 16.7. The van der Waals surface area contributed by atoms with Gasteiger partial charge in [-0.05, 0) is 50.1 Å². The average molecular weight is 326 g/mol. The number of aromatic carboxylic acids is 1. The van der Waals surface area contributed by atoms with Gasteiger partial charge in [0.05, 0.1) is 21.8 Å². The molecule has 0 aliphatic heterocycles. The number of rotatable bonds is 2. The van der Waals surface area contributed by atoms with E-state index in [4.69, 9.17) is 16.6 Å². The highest BCUT2D eigenvalue weighted by Crippen LogP contribution is 2.33. The molecule has 1 N–H and O–H groups in total. The van der Waals surface area contributed by atoms with E-state index in [0.717, 1.165) is 22.3 Å². The number of halogens is 1. The number of benzene rings is 2. The third kappa shape index (κ3) is 2.68. The Hall–Kier alpha value is -2.39. The zero-order valence-corrected chi connectivity index (χ0v) is 13.9. The Kier molecular flexibility index (Phi) is 3.82. The van der Waals surface area contributed by atoms with Crippen LogP contribution in [0, 0.1) is 20.8 Å². The summed E-state index contributed by atoms with van der Waals surface area (Å²) in [4.78, 5) is 16.4. The maximum absolute atomic E-state index is 11.7. The third-order valence-corrected chi connectivity index (χ3v) is 4.33. The second kappa shape index (κ2) is 5.67. The van der Waals surface area contributed by atoms with Crippen LogP contribution in [0.4, 0.5) is 0 Å². The number of hydrogen-bond acceptors (Lipinski definition) is 2. The Morgan fingerprint density at radius 1 is 1.04 bits per heavy atom. The van der Waals surface area contributed by atoms with E-state index in [0.29, 0.717) is 21.6 Å². The van der Waals surface area contributed by atoms with Crippen LogP contribution in [0.5, 0.6) is 0 Å². The summed E-state index contributed by atoms with van der Waals surface area (Å²) in [6.07, 6.45) is 0. The average Bonchev–Trinajstić information content (AvgIpc) is 2.52. The van der Waals surface area contributed by atoms with E-state index < -0.39 is 5.97 Å². The number of carbonyl (C=O) groups is 1. The second-order valence-electron chi connectivity index (χ2n) is 5.77. The van der Waals surface area contributed by atoms with Crippen LogP contribution in [0.3, 0.4) is 0 Å². The summed E-state index contributed by atoms with van der Waals surface area (Å²) in [7, 11) is 0.